The van der Waals surface area contributed by atoms with E-state index in [2.05, 4.69) is 15.5 Å². The lowest BCUT2D eigenvalue weighted by molar-refractivity contribution is 0.253. The van der Waals surface area contributed by atoms with E-state index in [0.717, 1.165) is 25.8 Å². The predicted molar refractivity (Wildman–Crippen MR) is 63.9 cm³/mol. The maximum Gasteiger partial charge on any atom is 0.174 e. The number of rotatable bonds is 5. The summed E-state index contributed by atoms with van der Waals surface area (Å²) in [5.41, 5.74) is 0.930. The fourth-order valence-electron chi connectivity index (χ4n) is 1.69. The molecule has 0 saturated heterocycles. The Morgan fingerprint density at radius 3 is 2.75 bits per heavy atom. The van der Waals surface area contributed by atoms with Crippen molar-refractivity contribution in [2.45, 2.75) is 19.3 Å². The first-order valence-corrected chi connectivity index (χ1v) is 5.94. The maximum atomic E-state index is 8.94. The third-order valence-corrected chi connectivity index (χ3v) is 3.44. The van der Waals surface area contributed by atoms with Crippen molar-refractivity contribution >= 4 is 28.9 Å². The van der Waals surface area contributed by atoms with Gasteiger partial charge < -0.3 is 10.4 Å². The van der Waals surface area contributed by atoms with E-state index in [1.54, 1.807) is 6.07 Å². The van der Waals surface area contributed by atoms with Gasteiger partial charge in [-0.05, 0) is 24.7 Å². The Bertz CT molecular complexity index is 382. The summed E-state index contributed by atoms with van der Waals surface area (Å²) in [4.78, 5) is 0. The van der Waals surface area contributed by atoms with Crippen molar-refractivity contribution in [2.24, 2.45) is 5.41 Å². The van der Waals surface area contributed by atoms with Crippen molar-refractivity contribution in [2.75, 3.05) is 18.5 Å². The quantitative estimate of drug-likeness (QED) is 0.855. The van der Waals surface area contributed by atoms with Gasteiger partial charge in [0.05, 0.1) is 5.69 Å². The molecule has 0 atom stereocenters. The molecule has 1 aliphatic carbocycles. The van der Waals surface area contributed by atoms with Gasteiger partial charge in [-0.3, -0.25) is 0 Å². The van der Waals surface area contributed by atoms with Gasteiger partial charge in [-0.1, -0.05) is 23.2 Å². The molecule has 4 nitrogen and oxygen atoms in total. The molecular formula is C10H13Cl2N3O. The largest absolute Gasteiger partial charge is 0.396 e. The summed E-state index contributed by atoms with van der Waals surface area (Å²) in [6, 6.07) is 1.66. The number of hydrogen-bond donors (Lipinski definition) is 2. The number of hydrogen-bond acceptors (Lipinski definition) is 4. The molecule has 1 saturated carbocycles. The van der Waals surface area contributed by atoms with Crippen molar-refractivity contribution in [3.05, 3.63) is 16.4 Å². The van der Waals surface area contributed by atoms with Crippen LogP contribution in [0, 0.1) is 5.41 Å². The van der Waals surface area contributed by atoms with Gasteiger partial charge in [0.25, 0.3) is 0 Å². The van der Waals surface area contributed by atoms with Crippen molar-refractivity contribution < 1.29 is 5.11 Å². The molecule has 1 fully saturated rings. The molecular weight excluding hydrogens is 249 g/mol. The summed E-state index contributed by atoms with van der Waals surface area (Å²) in [6.45, 7) is 1.01. The second-order valence-electron chi connectivity index (χ2n) is 4.20. The van der Waals surface area contributed by atoms with Crippen LogP contribution in [0.3, 0.4) is 0 Å². The zero-order valence-corrected chi connectivity index (χ0v) is 10.2. The minimum Gasteiger partial charge on any atom is -0.396 e. The van der Waals surface area contributed by atoms with Gasteiger partial charge in [0.15, 0.2) is 10.3 Å². The number of aliphatic hydroxyl groups is 1. The summed E-state index contributed by atoms with van der Waals surface area (Å²) in [6.07, 6.45) is 3.11. The van der Waals surface area contributed by atoms with E-state index < -0.39 is 0 Å². The Kier molecular flexibility index (Phi) is 3.52. The molecule has 0 radical (unpaired) electrons. The molecule has 1 aromatic rings. The van der Waals surface area contributed by atoms with Gasteiger partial charge in [-0.15, -0.1) is 10.2 Å². The van der Waals surface area contributed by atoms with Crippen LogP contribution in [0.5, 0.6) is 0 Å². The Hall–Kier alpha value is -0.580. The Morgan fingerprint density at radius 1 is 1.38 bits per heavy atom. The molecule has 0 aromatic carbocycles. The molecule has 1 aromatic heterocycles. The summed E-state index contributed by atoms with van der Waals surface area (Å²) in [5.74, 6) is 0. The van der Waals surface area contributed by atoms with E-state index in [1.807, 2.05) is 0 Å². The minimum atomic E-state index is 0.227. The molecule has 0 aliphatic heterocycles. The van der Waals surface area contributed by atoms with E-state index in [9.17, 15) is 0 Å². The minimum absolute atomic E-state index is 0.227. The molecule has 2 rings (SSSR count). The Morgan fingerprint density at radius 2 is 2.12 bits per heavy atom. The Balaban J connectivity index is 1.97. The maximum absolute atomic E-state index is 8.94. The smallest absolute Gasteiger partial charge is 0.174 e. The first kappa shape index (κ1) is 11.9. The van der Waals surface area contributed by atoms with Crippen molar-refractivity contribution in [3.63, 3.8) is 0 Å². The highest BCUT2D eigenvalue weighted by Gasteiger charge is 2.41. The second-order valence-corrected chi connectivity index (χ2v) is 4.94. The molecule has 0 spiro atoms. The third kappa shape index (κ3) is 2.75. The van der Waals surface area contributed by atoms with Crippen LogP contribution in [0.2, 0.25) is 10.3 Å². The van der Waals surface area contributed by atoms with Crippen LogP contribution < -0.4 is 5.32 Å². The molecule has 0 amide bonds. The summed E-state index contributed by atoms with van der Waals surface area (Å²) in [5, 5.41) is 20.2. The third-order valence-electron chi connectivity index (χ3n) is 2.97. The first-order chi connectivity index (χ1) is 7.65. The zero-order chi connectivity index (χ0) is 11.6. The van der Waals surface area contributed by atoms with E-state index in [4.69, 9.17) is 28.3 Å². The fourth-order valence-corrected chi connectivity index (χ4v) is 1.99. The van der Waals surface area contributed by atoms with Crippen LogP contribution in [-0.2, 0) is 0 Å². The van der Waals surface area contributed by atoms with Crippen LogP contribution in [0.4, 0.5) is 5.69 Å². The van der Waals surface area contributed by atoms with Crippen LogP contribution in [0.25, 0.3) is 0 Å². The predicted octanol–water partition coefficient (Wildman–Crippen LogP) is 2.36. The second kappa shape index (κ2) is 4.73. The van der Waals surface area contributed by atoms with E-state index in [-0.39, 0.29) is 12.0 Å². The highest BCUT2D eigenvalue weighted by molar-refractivity contribution is 6.33. The SMILES string of the molecule is OCCC1(CNc2cc(Cl)nnc2Cl)CC1. The average molecular weight is 262 g/mol. The molecule has 0 unspecified atom stereocenters. The van der Waals surface area contributed by atoms with E-state index >= 15 is 0 Å². The van der Waals surface area contributed by atoms with E-state index in [1.165, 1.54) is 0 Å². The van der Waals surface area contributed by atoms with Gasteiger partial charge in [0.1, 0.15) is 0 Å². The fraction of sp³-hybridized carbons (Fsp3) is 0.600. The molecule has 6 heteroatoms. The Labute approximate surface area is 104 Å². The van der Waals surface area contributed by atoms with Gasteiger partial charge >= 0.3 is 0 Å². The lowest BCUT2D eigenvalue weighted by Gasteiger charge is -2.15. The van der Waals surface area contributed by atoms with Gasteiger partial charge in [0.2, 0.25) is 0 Å². The molecule has 1 aliphatic rings. The van der Waals surface area contributed by atoms with Crippen LogP contribution >= 0.6 is 23.2 Å². The monoisotopic (exact) mass is 261 g/mol. The molecule has 2 N–H and O–H groups in total. The first-order valence-electron chi connectivity index (χ1n) is 5.19. The van der Waals surface area contributed by atoms with Crippen LogP contribution in [-0.4, -0.2) is 28.5 Å². The van der Waals surface area contributed by atoms with E-state index in [0.29, 0.717) is 16.0 Å². The van der Waals surface area contributed by atoms with Gasteiger partial charge in [0, 0.05) is 19.2 Å². The number of nitrogens with zero attached hydrogens (tertiary/aromatic N) is 2. The molecule has 0 bridgehead atoms. The number of halogens is 2. The standard InChI is InChI=1S/C10H13Cl2N3O/c11-8-5-7(9(12)15-14-8)13-6-10(1-2-10)3-4-16/h5,16H,1-4,6H2,(H,13,14). The summed E-state index contributed by atoms with van der Waals surface area (Å²) in [7, 11) is 0. The number of nitrogens with one attached hydrogen (secondary N) is 1. The molecule has 16 heavy (non-hydrogen) atoms. The van der Waals surface area contributed by atoms with Gasteiger partial charge in [-0.25, -0.2) is 0 Å². The van der Waals surface area contributed by atoms with Crippen molar-refractivity contribution in [1.29, 1.82) is 0 Å². The lowest BCUT2D eigenvalue weighted by Crippen LogP contribution is -2.17. The summed E-state index contributed by atoms with van der Waals surface area (Å²) < 4.78 is 0. The van der Waals surface area contributed by atoms with Crippen molar-refractivity contribution in [3.8, 4) is 0 Å². The highest BCUT2D eigenvalue weighted by atomic mass is 35.5. The summed E-state index contributed by atoms with van der Waals surface area (Å²) >= 11 is 11.6. The number of anilines is 1. The van der Waals surface area contributed by atoms with Crippen LogP contribution in [0.15, 0.2) is 6.07 Å². The van der Waals surface area contributed by atoms with Crippen LogP contribution in [0.1, 0.15) is 19.3 Å². The normalized spacial score (nSPS) is 17.2. The lowest BCUT2D eigenvalue weighted by atomic mass is 10.0. The number of aliphatic hydroxyl groups excluding tert-OH is 1. The topological polar surface area (TPSA) is 58.0 Å². The molecule has 88 valence electrons. The number of aromatic nitrogens is 2. The van der Waals surface area contributed by atoms with Gasteiger partial charge in [-0.2, -0.15) is 0 Å². The van der Waals surface area contributed by atoms with Crippen molar-refractivity contribution in [1.82, 2.24) is 10.2 Å². The highest BCUT2D eigenvalue weighted by Crippen LogP contribution is 2.48. The molecule has 1 heterocycles. The average Bonchev–Trinajstić information content (AvgIpc) is 3.01. The zero-order valence-electron chi connectivity index (χ0n) is 8.71.